The molecule has 2 fully saturated rings. The number of benzene rings is 1. The molecule has 0 radical (unpaired) electrons. The standard InChI is InChI=1S/C25H39N5O2/c1-3-26-25(27-16-14-23(31)29(2)18-20-10-6-4-7-11-20)28-22-15-17-30(19-22)24(32)21-12-8-5-9-13-21/h4,6-7,10-11,21-22H,3,5,8-9,12-19H2,1-2H3,(H2,26,27,28). The summed E-state index contributed by atoms with van der Waals surface area (Å²) in [4.78, 5) is 33.7. The molecule has 0 aromatic heterocycles. The van der Waals surface area contributed by atoms with Crippen molar-refractivity contribution < 1.29 is 9.59 Å². The highest BCUT2D eigenvalue weighted by atomic mass is 16.2. The Morgan fingerprint density at radius 3 is 2.59 bits per heavy atom. The third kappa shape index (κ3) is 7.24. The Bertz CT molecular complexity index is 761. The number of hydrogen-bond donors (Lipinski definition) is 2. The number of likely N-dealkylation sites (tertiary alicyclic amines) is 1. The van der Waals surface area contributed by atoms with Crippen LogP contribution < -0.4 is 10.6 Å². The predicted molar refractivity (Wildman–Crippen MR) is 128 cm³/mol. The normalized spacial score (nSPS) is 19.6. The molecular formula is C25H39N5O2. The van der Waals surface area contributed by atoms with Crippen LogP contribution in [-0.4, -0.2) is 66.8 Å². The molecule has 1 aromatic carbocycles. The first-order valence-electron chi connectivity index (χ1n) is 12.2. The molecule has 0 bridgehead atoms. The van der Waals surface area contributed by atoms with Crippen LogP contribution in [0, 0.1) is 5.92 Å². The second kappa shape index (κ2) is 12.5. The molecule has 176 valence electrons. The summed E-state index contributed by atoms with van der Waals surface area (Å²) in [6.45, 7) is 5.38. The maximum atomic E-state index is 12.8. The first-order valence-corrected chi connectivity index (χ1v) is 12.2. The Hall–Kier alpha value is -2.57. The van der Waals surface area contributed by atoms with Gasteiger partial charge in [-0.3, -0.25) is 14.6 Å². The molecule has 1 saturated heterocycles. The van der Waals surface area contributed by atoms with E-state index in [1.54, 1.807) is 4.90 Å². The van der Waals surface area contributed by atoms with Crippen molar-refractivity contribution in [3.63, 3.8) is 0 Å². The molecule has 1 unspecified atom stereocenters. The Morgan fingerprint density at radius 1 is 1.12 bits per heavy atom. The predicted octanol–water partition coefficient (Wildman–Crippen LogP) is 2.77. The molecular weight excluding hydrogens is 402 g/mol. The minimum atomic E-state index is 0.0820. The molecule has 1 saturated carbocycles. The smallest absolute Gasteiger partial charge is 0.225 e. The van der Waals surface area contributed by atoms with Crippen LogP contribution in [0.2, 0.25) is 0 Å². The lowest BCUT2D eigenvalue weighted by molar-refractivity contribution is -0.135. The van der Waals surface area contributed by atoms with E-state index in [9.17, 15) is 9.59 Å². The van der Waals surface area contributed by atoms with Crippen LogP contribution in [0.1, 0.15) is 57.4 Å². The number of carbonyl (C=O) groups excluding carboxylic acids is 2. The van der Waals surface area contributed by atoms with Gasteiger partial charge < -0.3 is 20.4 Å². The molecule has 32 heavy (non-hydrogen) atoms. The number of rotatable bonds is 8. The summed E-state index contributed by atoms with van der Waals surface area (Å²) in [5.74, 6) is 1.37. The minimum Gasteiger partial charge on any atom is -0.357 e. The average molecular weight is 442 g/mol. The van der Waals surface area contributed by atoms with Crippen LogP contribution in [-0.2, 0) is 16.1 Å². The van der Waals surface area contributed by atoms with Crippen molar-refractivity contribution in [2.75, 3.05) is 33.2 Å². The van der Waals surface area contributed by atoms with E-state index in [1.165, 1.54) is 19.3 Å². The minimum absolute atomic E-state index is 0.0820. The first kappa shape index (κ1) is 24.1. The van der Waals surface area contributed by atoms with Gasteiger partial charge in [0.05, 0.1) is 6.54 Å². The maximum Gasteiger partial charge on any atom is 0.225 e. The van der Waals surface area contributed by atoms with Crippen molar-refractivity contribution in [1.82, 2.24) is 20.4 Å². The van der Waals surface area contributed by atoms with Crippen molar-refractivity contribution in [2.24, 2.45) is 10.9 Å². The van der Waals surface area contributed by atoms with Gasteiger partial charge in [-0.25, -0.2) is 0 Å². The van der Waals surface area contributed by atoms with Crippen LogP contribution in [0.3, 0.4) is 0 Å². The maximum absolute atomic E-state index is 12.8. The number of carbonyl (C=O) groups is 2. The summed E-state index contributed by atoms with van der Waals surface area (Å²) < 4.78 is 0. The Kier molecular flexibility index (Phi) is 9.38. The number of aliphatic imine (C=N–C) groups is 1. The third-order valence-electron chi connectivity index (χ3n) is 6.42. The van der Waals surface area contributed by atoms with Gasteiger partial charge in [0.25, 0.3) is 0 Å². The molecule has 1 heterocycles. The molecule has 2 aliphatic rings. The van der Waals surface area contributed by atoms with E-state index in [0.29, 0.717) is 25.4 Å². The Morgan fingerprint density at radius 2 is 1.88 bits per heavy atom. The van der Waals surface area contributed by atoms with Crippen molar-refractivity contribution in [1.29, 1.82) is 0 Å². The second-order valence-corrected chi connectivity index (χ2v) is 9.00. The van der Waals surface area contributed by atoms with Gasteiger partial charge in [0.2, 0.25) is 11.8 Å². The number of amides is 2. The van der Waals surface area contributed by atoms with Gasteiger partial charge >= 0.3 is 0 Å². The largest absolute Gasteiger partial charge is 0.357 e. The molecule has 2 N–H and O–H groups in total. The van der Waals surface area contributed by atoms with Crippen LogP contribution in [0.4, 0.5) is 0 Å². The lowest BCUT2D eigenvalue weighted by Gasteiger charge is -2.26. The third-order valence-corrected chi connectivity index (χ3v) is 6.42. The van der Waals surface area contributed by atoms with E-state index < -0.39 is 0 Å². The van der Waals surface area contributed by atoms with E-state index in [2.05, 4.69) is 15.6 Å². The van der Waals surface area contributed by atoms with Crippen molar-refractivity contribution >= 4 is 17.8 Å². The SMILES string of the molecule is CCNC(=NCCC(=O)N(C)Cc1ccccc1)NC1CCN(C(=O)C2CCCCC2)C1. The molecule has 7 heteroatoms. The van der Waals surface area contributed by atoms with Gasteiger partial charge in [0.15, 0.2) is 5.96 Å². The number of nitrogens with one attached hydrogen (secondary N) is 2. The molecule has 3 rings (SSSR count). The molecule has 0 spiro atoms. The molecule has 2 amide bonds. The molecule has 1 aliphatic carbocycles. The van der Waals surface area contributed by atoms with Gasteiger partial charge in [0.1, 0.15) is 0 Å². The second-order valence-electron chi connectivity index (χ2n) is 9.00. The van der Waals surface area contributed by atoms with Gasteiger partial charge in [-0.15, -0.1) is 0 Å². The summed E-state index contributed by atoms with van der Waals surface area (Å²) in [5.41, 5.74) is 1.12. The topological polar surface area (TPSA) is 77.0 Å². The number of hydrogen-bond acceptors (Lipinski definition) is 3. The van der Waals surface area contributed by atoms with Gasteiger partial charge in [-0.2, -0.15) is 0 Å². The fraction of sp³-hybridized carbons (Fsp3) is 0.640. The fourth-order valence-corrected chi connectivity index (χ4v) is 4.60. The zero-order valence-electron chi connectivity index (χ0n) is 19.7. The lowest BCUT2D eigenvalue weighted by Crippen LogP contribution is -2.45. The zero-order valence-corrected chi connectivity index (χ0v) is 19.7. The summed E-state index contributed by atoms with van der Waals surface area (Å²) in [6.07, 6.45) is 7.03. The van der Waals surface area contributed by atoms with Crippen molar-refractivity contribution in [3.05, 3.63) is 35.9 Å². The van der Waals surface area contributed by atoms with Crippen molar-refractivity contribution in [3.8, 4) is 0 Å². The van der Waals surface area contributed by atoms with Crippen LogP contribution in [0.25, 0.3) is 0 Å². The molecule has 1 aromatic rings. The number of guanidine groups is 1. The first-order chi connectivity index (χ1) is 15.6. The van der Waals surface area contributed by atoms with E-state index >= 15 is 0 Å². The Labute approximate surface area is 192 Å². The number of nitrogens with zero attached hydrogens (tertiary/aromatic N) is 3. The summed E-state index contributed by atoms with van der Waals surface area (Å²) in [7, 11) is 1.83. The fourth-order valence-electron chi connectivity index (χ4n) is 4.60. The quantitative estimate of drug-likeness (QED) is 0.480. The highest BCUT2D eigenvalue weighted by Crippen LogP contribution is 2.26. The summed E-state index contributed by atoms with van der Waals surface area (Å²) in [5, 5.41) is 6.74. The highest BCUT2D eigenvalue weighted by molar-refractivity contribution is 5.82. The summed E-state index contributed by atoms with van der Waals surface area (Å²) in [6, 6.07) is 10.2. The van der Waals surface area contributed by atoms with Crippen LogP contribution in [0.5, 0.6) is 0 Å². The van der Waals surface area contributed by atoms with E-state index in [1.807, 2.05) is 49.2 Å². The lowest BCUT2D eigenvalue weighted by atomic mass is 9.88. The average Bonchev–Trinajstić information content (AvgIpc) is 3.28. The molecule has 1 atom stereocenters. The molecule has 7 nitrogen and oxygen atoms in total. The van der Waals surface area contributed by atoms with Crippen molar-refractivity contribution in [2.45, 2.75) is 64.5 Å². The summed E-state index contributed by atoms with van der Waals surface area (Å²) >= 11 is 0. The van der Waals surface area contributed by atoms with E-state index in [4.69, 9.17) is 0 Å². The van der Waals surface area contributed by atoms with Gasteiger partial charge in [-0.1, -0.05) is 49.6 Å². The van der Waals surface area contributed by atoms with E-state index in [0.717, 1.165) is 50.4 Å². The van der Waals surface area contributed by atoms with Crippen LogP contribution in [0.15, 0.2) is 35.3 Å². The molecule has 1 aliphatic heterocycles. The van der Waals surface area contributed by atoms with Gasteiger partial charge in [0, 0.05) is 51.6 Å². The monoisotopic (exact) mass is 441 g/mol. The Balaban J connectivity index is 1.44. The van der Waals surface area contributed by atoms with E-state index in [-0.39, 0.29) is 17.9 Å². The van der Waals surface area contributed by atoms with Crippen LogP contribution >= 0.6 is 0 Å². The highest BCUT2D eigenvalue weighted by Gasteiger charge is 2.31. The zero-order chi connectivity index (χ0) is 22.8. The van der Waals surface area contributed by atoms with Gasteiger partial charge in [-0.05, 0) is 31.7 Å².